The number of methoxy groups -OCH3 is 1. The number of benzene rings is 1. The smallest absolute Gasteiger partial charge is 0.161 e. The van der Waals surface area contributed by atoms with Crippen LogP contribution in [0.5, 0.6) is 11.5 Å². The maximum absolute atomic E-state index is 5.52. The van der Waals surface area contributed by atoms with Crippen molar-refractivity contribution in [2.45, 2.75) is 6.42 Å². The van der Waals surface area contributed by atoms with E-state index in [-0.39, 0.29) is 0 Å². The lowest BCUT2D eigenvalue weighted by atomic mass is 10.3. The van der Waals surface area contributed by atoms with Gasteiger partial charge >= 0.3 is 0 Å². The van der Waals surface area contributed by atoms with Crippen molar-refractivity contribution in [3.8, 4) is 11.5 Å². The third-order valence-corrected chi connectivity index (χ3v) is 1.81. The van der Waals surface area contributed by atoms with E-state index in [2.05, 4.69) is 6.07 Å². The van der Waals surface area contributed by atoms with E-state index in [1.165, 1.54) is 0 Å². The van der Waals surface area contributed by atoms with Crippen LogP contribution in [0, 0.1) is 6.07 Å². The number of halogens is 1. The van der Waals surface area contributed by atoms with E-state index >= 15 is 0 Å². The first-order valence-electron chi connectivity index (χ1n) is 4.11. The van der Waals surface area contributed by atoms with Crippen molar-refractivity contribution in [3.63, 3.8) is 0 Å². The first-order chi connectivity index (χ1) is 6.38. The highest BCUT2D eigenvalue weighted by Crippen LogP contribution is 2.25. The average Bonchev–Trinajstić information content (AvgIpc) is 2.19. The van der Waals surface area contributed by atoms with Crippen molar-refractivity contribution in [2.24, 2.45) is 0 Å². The predicted molar refractivity (Wildman–Crippen MR) is 52.7 cm³/mol. The zero-order chi connectivity index (χ0) is 9.52. The fourth-order valence-electron chi connectivity index (χ4n) is 0.916. The second-order valence-corrected chi connectivity index (χ2v) is 2.85. The Morgan fingerprint density at radius 3 is 3.00 bits per heavy atom. The lowest BCUT2D eigenvalue weighted by Crippen LogP contribution is -1.99. The topological polar surface area (TPSA) is 18.5 Å². The van der Waals surface area contributed by atoms with Crippen molar-refractivity contribution in [2.75, 3.05) is 19.6 Å². The third-order valence-electron chi connectivity index (χ3n) is 1.54. The summed E-state index contributed by atoms with van der Waals surface area (Å²) >= 11 is 5.52. The van der Waals surface area contributed by atoms with Gasteiger partial charge in [0, 0.05) is 5.88 Å². The summed E-state index contributed by atoms with van der Waals surface area (Å²) in [6, 6.07) is 8.27. The molecule has 1 aromatic rings. The Morgan fingerprint density at radius 2 is 2.31 bits per heavy atom. The number of alkyl halides is 1. The van der Waals surface area contributed by atoms with Crippen LogP contribution in [0.4, 0.5) is 0 Å². The first kappa shape index (κ1) is 10.2. The van der Waals surface area contributed by atoms with E-state index in [4.69, 9.17) is 21.1 Å². The Hall–Kier alpha value is -0.890. The molecule has 1 radical (unpaired) electrons. The molecule has 0 N–H and O–H groups in total. The molecular weight excluding hydrogens is 188 g/mol. The molecule has 2 nitrogen and oxygen atoms in total. The van der Waals surface area contributed by atoms with Crippen LogP contribution < -0.4 is 9.47 Å². The van der Waals surface area contributed by atoms with Gasteiger partial charge in [0.25, 0.3) is 0 Å². The second-order valence-electron chi connectivity index (χ2n) is 2.47. The molecule has 0 saturated heterocycles. The minimum Gasteiger partial charge on any atom is -0.493 e. The van der Waals surface area contributed by atoms with Crippen molar-refractivity contribution in [1.82, 2.24) is 0 Å². The Labute approximate surface area is 83.4 Å². The SMILES string of the molecule is COc1c[c]ccc1OCCCCl. The van der Waals surface area contributed by atoms with Gasteiger partial charge in [-0.3, -0.25) is 0 Å². The summed E-state index contributed by atoms with van der Waals surface area (Å²) in [5.74, 6) is 2.06. The van der Waals surface area contributed by atoms with Gasteiger partial charge < -0.3 is 9.47 Å². The third kappa shape index (κ3) is 3.15. The fourth-order valence-corrected chi connectivity index (χ4v) is 1.03. The van der Waals surface area contributed by atoms with E-state index in [1.54, 1.807) is 19.2 Å². The molecule has 1 aromatic carbocycles. The highest BCUT2D eigenvalue weighted by atomic mass is 35.5. The lowest BCUT2D eigenvalue weighted by Gasteiger charge is -2.08. The first-order valence-corrected chi connectivity index (χ1v) is 4.64. The summed E-state index contributed by atoms with van der Waals surface area (Å²) in [4.78, 5) is 0. The standard InChI is InChI=1S/C10H12ClO2/c1-12-9-5-2-3-6-10(9)13-8-4-7-11/h3,5-6H,4,7-8H2,1H3. The molecule has 0 amide bonds. The monoisotopic (exact) mass is 199 g/mol. The molecule has 0 atom stereocenters. The molecule has 0 aliphatic heterocycles. The Bertz CT molecular complexity index is 250. The molecule has 71 valence electrons. The van der Waals surface area contributed by atoms with Crippen LogP contribution in [-0.4, -0.2) is 19.6 Å². The maximum atomic E-state index is 5.52. The van der Waals surface area contributed by atoms with Gasteiger partial charge in [0.05, 0.1) is 13.7 Å². The lowest BCUT2D eigenvalue weighted by molar-refractivity contribution is 0.295. The molecule has 0 bridgehead atoms. The van der Waals surface area contributed by atoms with Crippen LogP contribution in [-0.2, 0) is 0 Å². The quantitative estimate of drug-likeness (QED) is 0.536. The number of rotatable bonds is 5. The molecule has 13 heavy (non-hydrogen) atoms. The average molecular weight is 200 g/mol. The minimum absolute atomic E-state index is 0.612. The Balaban J connectivity index is 2.54. The van der Waals surface area contributed by atoms with Crippen molar-refractivity contribution < 1.29 is 9.47 Å². The summed E-state index contributed by atoms with van der Waals surface area (Å²) in [6.07, 6.45) is 0.837. The molecule has 0 aliphatic carbocycles. The molecule has 0 heterocycles. The molecule has 0 spiro atoms. The molecular formula is C10H12ClO2. The van der Waals surface area contributed by atoms with E-state index in [0.29, 0.717) is 18.2 Å². The molecule has 0 aliphatic rings. The number of ether oxygens (including phenoxy) is 2. The van der Waals surface area contributed by atoms with Gasteiger partial charge in [-0.15, -0.1) is 11.6 Å². The predicted octanol–water partition coefficient (Wildman–Crippen LogP) is 2.50. The van der Waals surface area contributed by atoms with E-state index in [9.17, 15) is 0 Å². The number of hydrogen-bond acceptors (Lipinski definition) is 2. The maximum Gasteiger partial charge on any atom is 0.161 e. The van der Waals surface area contributed by atoms with Crippen molar-refractivity contribution in [3.05, 3.63) is 24.3 Å². The molecule has 1 rings (SSSR count). The van der Waals surface area contributed by atoms with Crippen LogP contribution >= 0.6 is 11.6 Å². The summed E-state index contributed by atoms with van der Waals surface area (Å²) in [6.45, 7) is 0.615. The van der Waals surface area contributed by atoms with Gasteiger partial charge in [-0.25, -0.2) is 0 Å². The van der Waals surface area contributed by atoms with Crippen molar-refractivity contribution in [1.29, 1.82) is 0 Å². The Morgan fingerprint density at radius 1 is 1.46 bits per heavy atom. The van der Waals surface area contributed by atoms with Crippen molar-refractivity contribution >= 4 is 11.6 Å². The van der Waals surface area contributed by atoms with Gasteiger partial charge in [-0.05, 0) is 24.6 Å². The highest BCUT2D eigenvalue weighted by molar-refractivity contribution is 6.17. The van der Waals surface area contributed by atoms with Crippen LogP contribution in [0.15, 0.2) is 18.2 Å². The van der Waals surface area contributed by atoms with Gasteiger partial charge in [0.15, 0.2) is 11.5 Å². The van der Waals surface area contributed by atoms with Crippen LogP contribution in [0.3, 0.4) is 0 Å². The van der Waals surface area contributed by atoms with Crippen LogP contribution in [0.2, 0.25) is 0 Å². The summed E-state index contributed by atoms with van der Waals surface area (Å²) in [7, 11) is 1.61. The molecule has 0 saturated carbocycles. The normalized spacial score (nSPS) is 9.69. The summed E-state index contributed by atoms with van der Waals surface area (Å²) in [5, 5.41) is 0. The van der Waals surface area contributed by atoms with E-state index < -0.39 is 0 Å². The zero-order valence-corrected chi connectivity index (χ0v) is 8.30. The largest absolute Gasteiger partial charge is 0.493 e. The molecule has 0 fully saturated rings. The van der Waals surface area contributed by atoms with Crippen LogP contribution in [0.1, 0.15) is 6.42 Å². The zero-order valence-electron chi connectivity index (χ0n) is 7.55. The summed E-state index contributed by atoms with van der Waals surface area (Å²) < 4.78 is 10.5. The van der Waals surface area contributed by atoms with Crippen LogP contribution in [0.25, 0.3) is 0 Å². The summed E-state index contributed by atoms with van der Waals surface area (Å²) in [5.41, 5.74) is 0. The van der Waals surface area contributed by atoms with Gasteiger partial charge in [-0.1, -0.05) is 6.07 Å². The van der Waals surface area contributed by atoms with E-state index in [0.717, 1.165) is 12.2 Å². The van der Waals surface area contributed by atoms with E-state index in [1.807, 2.05) is 6.07 Å². The van der Waals surface area contributed by atoms with Gasteiger partial charge in [0.1, 0.15) is 0 Å². The molecule has 3 heteroatoms. The fraction of sp³-hybridized carbons (Fsp3) is 0.400. The number of hydrogen-bond donors (Lipinski definition) is 0. The highest BCUT2D eigenvalue weighted by Gasteiger charge is 2.00. The molecule has 0 aromatic heterocycles. The molecule has 0 unspecified atom stereocenters. The minimum atomic E-state index is 0.612. The van der Waals surface area contributed by atoms with Gasteiger partial charge in [-0.2, -0.15) is 0 Å². The van der Waals surface area contributed by atoms with Gasteiger partial charge in [0.2, 0.25) is 0 Å². The Kier molecular flexibility index (Phi) is 4.47. The second kappa shape index (κ2) is 5.70.